The minimum Gasteiger partial charge on any atom is -0.466 e. The van der Waals surface area contributed by atoms with Gasteiger partial charge >= 0.3 is 5.97 Å². The molecule has 2 rings (SSSR count). The first-order valence-corrected chi connectivity index (χ1v) is 8.83. The highest BCUT2D eigenvalue weighted by molar-refractivity contribution is 5.90. The van der Waals surface area contributed by atoms with Crippen molar-refractivity contribution >= 4 is 28.5 Å². The number of nitrogens with one attached hydrogen (secondary N) is 3. The minimum absolute atomic E-state index is 0.0620. The summed E-state index contributed by atoms with van der Waals surface area (Å²) in [6.45, 7) is 2.26. The van der Waals surface area contributed by atoms with Gasteiger partial charge in [-0.2, -0.15) is 5.10 Å². The molecule has 1 aromatic heterocycles. The van der Waals surface area contributed by atoms with Crippen LogP contribution >= 0.6 is 0 Å². The van der Waals surface area contributed by atoms with Gasteiger partial charge in [0, 0.05) is 31.3 Å². The Morgan fingerprint density at radius 2 is 1.96 bits per heavy atom. The lowest BCUT2D eigenvalue weighted by Gasteiger charge is -2.14. The number of H-pyrrole nitrogens is 1. The number of aromatic nitrogens is 2. The second-order valence-electron chi connectivity index (χ2n) is 5.94. The predicted molar refractivity (Wildman–Crippen MR) is 100 cm³/mol. The Morgan fingerprint density at radius 3 is 2.70 bits per heavy atom. The van der Waals surface area contributed by atoms with Gasteiger partial charge in [0.25, 0.3) is 5.56 Å². The molecule has 1 amide bonds. The average Bonchev–Trinajstić information content (AvgIpc) is 2.66. The van der Waals surface area contributed by atoms with Crippen LogP contribution in [-0.2, 0) is 14.3 Å². The first-order chi connectivity index (χ1) is 13.0. The summed E-state index contributed by atoms with van der Waals surface area (Å²) in [5.74, 6) is -0.119. The van der Waals surface area contributed by atoms with E-state index in [1.54, 1.807) is 31.2 Å². The van der Waals surface area contributed by atoms with Crippen LogP contribution in [0.5, 0.6) is 0 Å². The number of anilines is 1. The fourth-order valence-electron chi connectivity index (χ4n) is 2.48. The fourth-order valence-corrected chi connectivity index (χ4v) is 2.48. The first kappa shape index (κ1) is 20.4. The molecule has 1 aromatic carbocycles. The number of aliphatic hydroxyl groups excluding tert-OH is 1. The normalized spacial score (nSPS) is 11.8. The van der Waals surface area contributed by atoms with Crippen molar-refractivity contribution in [2.24, 2.45) is 0 Å². The molecule has 1 heterocycles. The maximum Gasteiger partial charge on any atom is 0.305 e. The van der Waals surface area contributed by atoms with Crippen LogP contribution < -0.4 is 16.2 Å². The number of carbonyl (C=O) groups is 2. The van der Waals surface area contributed by atoms with Crippen LogP contribution in [0, 0.1) is 0 Å². The lowest BCUT2D eigenvalue weighted by atomic mass is 10.2. The molecule has 0 fully saturated rings. The average molecular weight is 376 g/mol. The Morgan fingerprint density at radius 1 is 1.22 bits per heavy atom. The number of benzene rings is 1. The Hall–Kier alpha value is -2.94. The lowest BCUT2D eigenvalue weighted by Crippen LogP contribution is -2.36. The number of hydrogen-bond donors (Lipinski definition) is 4. The number of ether oxygens (including phenoxy) is 1. The predicted octanol–water partition coefficient (Wildman–Crippen LogP) is 0.546. The molecule has 0 saturated heterocycles. The van der Waals surface area contributed by atoms with Crippen LogP contribution in [0.25, 0.3) is 10.8 Å². The van der Waals surface area contributed by atoms with E-state index in [4.69, 9.17) is 4.74 Å². The first-order valence-electron chi connectivity index (χ1n) is 8.83. The summed E-state index contributed by atoms with van der Waals surface area (Å²) in [4.78, 5) is 34.7. The van der Waals surface area contributed by atoms with Gasteiger partial charge < -0.3 is 20.5 Å². The van der Waals surface area contributed by atoms with Gasteiger partial charge in [0.05, 0.1) is 18.1 Å². The Kier molecular flexibility index (Phi) is 7.75. The number of aliphatic hydroxyl groups is 1. The van der Waals surface area contributed by atoms with Crippen molar-refractivity contribution in [1.82, 2.24) is 15.5 Å². The van der Waals surface area contributed by atoms with Gasteiger partial charge in [0.1, 0.15) is 0 Å². The quantitative estimate of drug-likeness (QED) is 0.445. The van der Waals surface area contributed by atoms with E-state index in [0.29, 0.717) is 29.6 Å². The number of amides is 1. The number of hydrogen-bond acceptors (Lipinski definition) is 7. The summed E-state index contributed by atoms with van der Waals surface area (Å²) < 4.78 is 4.79. The molecule has 0 bridgehead atoms. The van der Waals surface area contributed by atoms with Crippen LogP contribution in [0.4, 0.5) is 5.82 Å². The van der Waals surface area contributed by atoms with Gasteiger partial charge in [-0.25, -0.2) is 5.10 Å². The topological polar surface area (TPSA) is 133 Å². The molecule has 0 aliphatic carbocycles. The zero-order chi connectivity index (χ0) is 19.6. The number of nitrogens with zero attached hydrogens (tertiary/aromatic N) is 1. The van der Waals surface area contributed by atoms with E-state index in [2.05, 4.69) is 20.8 Å². The number of carbonyl (C=O) groups excluding carboxylic acids is 2. The molecular weight excluding hydrogens is 352 g/mol. The molecule has 1 unspecified atom stereocenters. The maximum absolute atomic E-state index is 11.7. The molecule has 0 aliphatic heterocycles. The summed E-state index contributed by atoms with van der Waals surface area (Å²) in [5, 5.41) is 23.1. The van der Waals surface area contributed by atoms with Crippen molar-refractivity contribution in [2.75, 3.05) is 25.0 Å². The molecule has 1 atom stereocenters. The van der Waals surface area contributed by atoms with Gasteiger partial charge in [-0.15, -0.1) is 0 Å². The standard InChI is InChI=1S/C18H24N4O5/c1-2-27-16(25)9-5-8-15(24)19-10-12(23)11-20-17-13-6-3-4-7-14(13)18(26)22-21-17/h3-4,6-7,12,23H,2,5,8-11H2,1H3,(H,19,24)(H,20,21)(H,22,26). The summed E-state index contributed by atoms with van der Waals surface area (Å²) in [7, 11) is 0. The third-order valence-corrected chi connectivity index (χ3v) is 3.83. The van der Waals surface area contributed by atoms with E-state index in [-0.39, 0.29) is 43.4 Å². The van der Waals surface area contributed by atoms with Crippen molar-refractivity contribution in [3.8, 4) is 0 Å². The molecule has 4 N–H and O–H groups in total. The van der Waals surface area contributed by atoms with E-state index in [1.165, 1.54) is 0 Å². The Bertz CT molecular complexity index is 836. The van der Waals surface area contributed by atoms with E-state index in [1.807, 2.05) is 0 Å². The molecule has 0 aliphatic rings. The summed E-state index contributed by atoms with van der Waals surface area (Å²) in [6.07, 6.45) is -0.0697. The van der Waals surface area contributed by atoms with Crippen LogP contribution in [0.3, 0.4) is 0 Å². The fraction of sp³-hybridized carbons (Fsp3) is 0.444. The molecule has 146 valence electrons. The Labute approximate surface area is 156 Å². The number of aromatic amines is 1. The van der Waals surface area contributed by atoms with Crippen molar-refractivity contribution in [1.29, 1.82) is 0 Å². The summed E-state index contributed by atoms with van der Waals surface area (Å²) >= 11 is 0. The monoisotopic (exact) mass is 376 g/mol. The van der Waals surface area contributed by atoms with Crippen LogP contribution in [-0.4, -0.2) is 53.0 Å². The molecule has 0 saturated carbocycles. The minimum atomic E-state index is -0.841. The molecular formula is C18H24N4O5. The third-order valence-electron chi connectivity index (χ3n) is 3.83. The van der Waals surface area contributed by atoms with E-state index >= 15 is 0 Å². The van der Waals surface area contributed by atoms with Crippen molar-refractivity contribution in [3.63, 3.8) is 0 Å². The molecule has 0 radical (unpaired) electrons. The van der Waals surface area contributed by atoms with Crippen LogP contribution in [0.2, 0.25) is 0 Å². The van der Waals surface area contributed by atoms with Gasteiger partial charge in [0.15, 0.2) is 5.82 Å². The molecule has 0 spiro atoms. The van der Waals surface area contributed by atoms with Gasteiger partial charge in [-0.05, 0) is 19.4 Å². The summed E-state index contributed by atoms with van der Waals surface area (Å²) in [5.41, 5.74) is -0.285. The molecule has 9 nitrogen and oxygen atoms in total. The number of esters is 1. The highest BCUT2D eigenvalue weighted by Crippen LogP contribution is 2.16. The molecule has 27 heavy (non-hydrogen) atoms. The maximum atomic E-state index is 11.7. The number of rotatable bonds is 10. The van der Waals surface area contributed by atoms with Crippen molar-refractivity contribution in [2.45, 2.75) is 32.3 Å². The zero-order valence-corrected chi connectivity index (χ0v) is 15.2. The van der Waals surface area contributed by atoms with Crippen molar-refractivity contribution in [3.05, 3.63) is 34.6 Å². The second kappa shape index (κ2) is 10.3. The highest BCUT2D eigenvalue weighted by atomic mass is 16.5. The SMILES string of the molecule is CCOC(=O)CCCC(=O)NCC(O)CNc1n[nH]c(=O)c2ccccc12. The highest BCUT2D eigenvalue weighted by Gasteiger charge is 2.11. The third kappa shape index (κ3) is 6.37. The van der Waals surface area contributed by atoms with Crippen LogP contribution in [0.15, 0.2) is 29.1 Å². The smallest absolute Gasteiger partial charge is 0.305 e. The second-order valence-corrected chi connectivity index (χ2v) is 5.94. The lowest BCUT2D eigenvalue weighted by molar-refractivity contribution is -0.143. The Balaban J connectivity index is 1.74. The van der Waals surface area contributed by atoms with E-state index in [9.17, 15) is 19.5 Å². The van der Waals surface area contributed by atoms with E-state index in [0.717, 1.165) is 0 Å². The van der Waals surface area contributed by atoms with Crippen LogP contribution in [0.1, 0.15) is 26.2 Å². The molecule has 9 heteroatoms. The van der Waals surface area contributed by atoms with Gasteiger partial charge in [-0.3, -0.25) is 14.4 Å². The van der Waals surface area contributed by atoms with E-state index < -0.39 is 6.10 Å². The number of fused-ring (bicyclic) bond motifs is 1. The van der Waals surface area contributed by atoms with Gasteiger partial charge in [0.2, 0.25) is 5.91 Å². The summed E-state index contributed by atoms with van der Waals surface area (Å²) in [6, 6.07) is 7.00. The van der Waals surface area contributed by atoms with Gasteiger partial charge in [-0.1, -0.05) is 18.2 Å². The zero-order valence-electron chi connectivity index (χ0n) is 15.2. The van der Waals surface area contributed by atoms with Crippen molar-refractivity contribution < 1.29 is 19.4 Å². The largest absolute Gasteiger partial charge is 0.466 e. The molecule has 2 aromatic rings.